The zero-order chi connectivity index (χ0) is 8.15. The summed E-state index contributed by atoms with van der Waals surface area (Å²) >= 11 is 0. The molecule has 0 spiro atoms. The fourth-order valence-electron chi connectivity index (χ4n) is 0.290. The van der Waals surface area contributed by atoms with Crippen molar-refractivity contribution < 1.29 is 24.4 Å². The molecule has 0 aliphatic heterocycles. The van der Waals surface area contributed by atoms with E-state index in [2.05, 4.69) is 0 Å². The third-order valence-electron chi connectivity index (χ3n) is 0.755. The highest BCUT2D eigenvalue weighted by Crippen LogP contribution is 2.02. The van der Waals surface area contributed by atoms with Crippen LogP contribution in [-0.4, -0.2) is 27.8 Å². The summed E-state index contributed by atoms with van der Waals surface area (Å²) in [4.78, 5) is 20.0. The van der Waals surface area contributed by atoms with Crippen LogP contribution in [0.2, 0.25) is 0 Å². The minimum atomic E-state index is -1.74. The third kappa shape index (κ3) is 3.27. The first-order valence-electron chi connectivity index (χ1n) is 2.35. The number of carboxylic acids is 1. The van der Waals surface area contributed by atoms with E-state index in [0.29, 0.717) is 0 Å². The van der Waals surface area contributed by atoms with Crippen molar-refractivity contribution in [1.82, 2.24) is 0 Å². The maximum atomic E-state index is 10.2. The van der Waals surface area contributed by atoms with Gasteiger partial charge in [-0.25, -0.2) is 4.79 Å². The summed E-state index contributed by atoms with van der Waals surface area (Å²) in [5.41, 5.74) is -0.824. The summed E-state index contributed by atoms with van der Waals surface area (Å²) in [6.07, 6.45) is -2.35. The number of aliphatic hydroxyl groups excluding tert-OH is 1. The van der Waals surface area contributed by atoms with Crippen molar-refractivity contribution in [2.75, 3.05) is 0 Å². The van der Waals surface area contributed by atoms with E-state index >= 15 is 0 Å². The average Bonchev–Trinajstić information content (AvgIpc) is 1.87. The molecule has 0 heterocycles. The highest BCUT2D eigenvalue weighted by atomic mass is 31.1. The number of aliphatic carboxylic acids is 1. The maximum absolute atomic E-state index is 10.2. The van der Waals surface area contributed by atoms with Crippen LogP contribution >= 0.6 is 8.46 Å². The molecule has 0 bridgehead atoms. The number of rotatable bonds is 4. The Bertz CT molecular complexity index is 165. The normalized spacial score (nSPS) is 12.9. The monoisotopic (exact) mass is 164 g/mol. The topological polar surface area (TPSA) is 91.7 Å². The van der Waals surface area contributed by atoms with Gasteiger partial charge in [0.2, 0.25) is 14.0 Å². The molecular formula is C4H5O5P. The van der Waals surface area contributed by atoms with Gasteiger partial charge in [0.1, 0.15) is 0 Å². The largest absolute Gasteiger partial charge is 0.479 e. The molecule has 0 rings (SSSR count). The second kappa shape index (κ2) is 4.09. The minimum Gasteiger partial charge on any atom is -0.479 e. The molecule has 0 radical (unpaired) electrons. The Kier molecular flexibility index (Phi) is 3.76. The SMILES string of the molecule is O=PC(=O)C[C@H](O)C(=O)O. The molecule has 0 aliphatic rings. The third-order valence-corrected chi connectivity index (χ3v) is 1.14. The van der Waals surface area contributed by atoms with E-state index in [4.69, 9.17) is 10.2 Å². The summed E-state index contributed by atoms with van der Waals surface area (Å²) in [7, 11) is -0.768. The predicted octanol–water partition coefficient (Wildman–Crippen LogP) is -0.360. The fourth-order valence-corrected chi connectivity index (χ4v) is 0.537. The number of hydrogen-bond acceptors (Lipinski definition) is 4. The van der Waals surface area contributed by atoms with Gasteiger partial charge in [-0.05, 0) is 0 Å². The van der Waals surface area contributed by atoms with Crippen molar-refractivity contribution >= 4 is 20.0 Å². The lowest BCUT2D eigenvalue weighted by Gasteiger charge is -1.97. The molecular weight excluding hydrogens is 159 g/mol. The Morgan fingerprint density at radius 3 is 2.30 bits per heavy atom. The second-order valence-electron chi connectivity index (χ2n) is 1.54. The lowest BCUT2D eigenvalue weighted by Crippen LogP contribution is -2.21. The van der Waals surface area contributed by atoms with E-state index in [1.54, 1.807) is 0 Å². The standard InChI is InChI=1S/C4H5O5P/c5-2(4(7)8)1-3(6)10-9/h2,5H,1H2,(H,7,8)/t2-/m0/s1. The minimum absolute atomic E-state index is 0.611. The van der Waals surface area contributed by atoms with Crippen LogP contribution in [0.3, 0.4) is 0 Å². The van der Waals surface area contributed by atoms with Gasteiger partial charge in [0.25, 0.3) is 0 Å². The highest BCUT2D eigenvalue weighted by Gasteiger charge is 2.17. The van der Waals surface area contributed by atoms with Gasteiger partial charge in [-0.15, -0.1) is 0 Å². The van der Waals surface area contributed by atoms with Crippen LogP contribution < -0.4 is 0 Å². The molecule has 56 valence electrons. The van der Waals surface area contributed by atoms with E-state index in [-0.39, 0.29) is 0 Å². The molecule has 10 heavy (non-hydrogen) atoms. The van der Waals surface area contributed by atoms with Crippen LogP contribution in [0, 0.1) is 0 Å². The fraction of sp³-hybridized carbons (Fsp3) is 0.500. The summed E-state index contributed by atoms with van der Waals surface area (Å²) in [5.74, 6) is -1.49. The Morgan fingerprint density at radius 2 is 2.00 bits per heavy atom. The van der Waals surface area contributed by atoms with Gasteiger partial charge in [0.15, 0.2) is 6.10 Å². The molecule has 0 aliphatic carbocycles. The van der Waals surface area contributed by atoms with E-state index in [1.807, 2.05) is 0 Å². The maximum Gasteiger partial charge on any atom is 0.333 e. The van der Waals surface area contributed by atoms with Gasteiger partial charge in [-0.3, -0.25) is 9.36 Å². The van der Waals surface area contributed by atoms with E-state index in [0.717, 1.165) is 0 Å². The van der Waals surface area contributed by atoms with Gasteiger partial charge in [0, 0.05) is 0 Å². The van der Waals surface area contributed by atoms with Crippen molar-refractivity contribution in [1.29, 1.82) is 0 Å². The predicted molar refractivity (Wildman–Crippen MR) is 30.9 cm³/mol. The van der Waals surface area contributed by atoms with E-state index in [1.165, 1.54) is 0 Å². The Balaban J connectivity index is 3.79. The first-order valence-corrected chi connectivity index (χ1v) is 3.16. The zero-order valence-electron chi connectivity index (χ0n) is 4.85. The van der Waals surface area contributed by atoms with Crippen LogP contribution in [0.4, 0.5) is 0 Å². The van der Waals surface area contributed by atoms with Crippen LogP contribution in [0.15, 0.2) is 0 Å². The van der Waals surface area contributed by atoms with Gasteiger partial charge >= 0.3 is 5.97 Å². The van der Waals surface area contributed by atoms with Gasteiger partial charge in [0.05, 0.1) is 6.42 Å². The van der Waals surface area contributed by atoms with Crippen LogP contribution in [0.25, 0.3) is 0 Å². The molecule has 0 aromatic carbocycles. The van der Waals surface area contributed by atoms with Gasteiger partial charge in [-0.2, -0.15) is 0 Å². The lowest BCUT2D eigenvalue weighted by molar-refractivity contribution is -0.148. The summed E-state index contributed by atoms with van der Waals surface area (Å²) in [6.45, 7) is 0. The van der Waals surface area contributed by atoms with Gasteiger partial charge in [-0.1, -0.05) is 0 Å². The lowest BCUT2D eigenvalue weighted by atomic mass is 10.3. The number of carbonyl (C=O) groups is 2. The molecule has 2 N–H and O–H groups in total. The number of aliphatic hydroxyl groups is 1. The van der Waals surface area contributed by atoms with E-state index in [9.17, 15) is 14.2 Å². The molecule has 0 aromatic heterocycles. The molecule has 0 amide bonds. The van der Waals surface area contributed by atoms with Crippen molar-refractivity contribution in [3.8, 4) is 0 Å². The molecule has 0 aromatic rings. The quantitative estimate of drug-likeness (QED) is 0.553. The summed E-state index contributed by atoms with van der Waals surface area (Å²) in [5, 5.41) is 16.5. The van der Waals surface area contributed by atoms with Crippen LogP contribution in [-0.2, 0) is 14.2 Å². The average molecular weight is 164 g/mol. The highest BCUT2D eigenvalue weighted by molar-refractivity contribution is 7.46. The van der Waals surface area contributed by atoms with Crippen molar-refractivity contribution in [3.05, 3.63) is 0 Å². The number of hydrogen-bond donors (Lipinski definition) is 2. The molecule has 1 atom stereocenters. The molecule has 0 saturated carbocycles. The Morgan fingerprint density at radius 1 is 1.50 bits per heavy atom. The smallest absolute Gasteiger partial charge is 0.333 e. The summed E-state index contributed by atoms with van der Waals surface area (Å²) < 4.78 is 9.71. The Labute approximate surface area is 57.9 Å². The first kappa shape index (κ1) is 9.20. The van der Waals surface area contributed by atoms with Crippen molar-refractivity contribution in [2.24, 2.45) is 0 Å². The van der Waals surface area contributed by atoms with Crippen LogP contribution in [0.1, 0.15) is 6.42 Å². The first-order chi connectivity index (χ1) is 4.57. The number of carboxylic acid groups (broad SMARTS) is 1. The van der Waals surface area contributed by atoms with Crippen LogP contribution in [0.5, 0.6) is 0 Å². The Hall–Kier alpha value is -0.800. The molecule has 6 heteroatoms. The zero-order valence-corrected chi connectivity index (χ0v) is 5.75. The number of carbonyl (C=O) groups excluding carboxylic acids is 1. The molecule has 0 fully saturated rings. The molecule has 5 nitrogen and oxygen atoms in total. The van der Waals surface area contributed by atoms with Crippen molar-refractivity contribution in [2.45, 2.75) is 12.5 Å². The molecule has 0 saturated heterocycles. The summed E-state index contributed by atoms with van der Waals surface area (Å²) in [6, 6.07) is 0. The van der Waals surface area contributed by atoms with E-state index < -0.39 is 32.5 Å². The molecule has 0 unspecified atom stereocenters. The second-order valence-corrected chi connectivity index (χ2v) is 2.22. The van der Waals surface area contributed by atoms with Crippen molar-refractivity contribution in [3.63, 3.8) is 0 Å². The van der Waals surface area contributed by atoms with Gasteiger partial charge < -0.3 is 10.2 Å².